The summed E-state index contributed by atoms with van der Waals surface area (Å²) in [6.07, 6.45) is 5.01. The summed E-state index contributed by atoms with van der Waals surface area (Å²) >= 11 is 0. The number of likely N-dealkylation sites (tertiary alicyclic amines) is 2. The second-order valence-electron chi connectivity index (χ2n) is 15.5. The molecule has 0 unspecified atom stereocenters. The van der Waals surface area contributed by atoms with E-state index in [0.29, 0.717) is 18.8 Å². The number of H-pyrrole nitrogens is 2. The van der Waals surface area contributed by atoms with Crippen molar-refractivity contribution in [3.8, 4) is 22.4 Å². The number of nitrogens with zero attached hydrogens (tertiary/aromatic N) is 4. The van der Waals surface area contributed by atoms with E-state index >= 15 is 0 Å². The van der Waals surface area contributed by atoms with Crippen molar-refractivity contribution in [1.82, 2.24) is 29.7 Å². The Hall–Kier alpha value is -4.60. The van der Waals surface area contributed by atoms with Gasteiger partial charge in [-0.05, 0) is 101 Å². The second-order valence-corrected chi connectivity index (χ2v) is 15.5. The number of imidazole rings is 2. The Morgan fingerprint density at radius 3 is 2.15 bits per heavy atom. The number of amides is 2. The highest BCUT2D eigenvalue weighted by Gasteiger charge is 2.55. The SMILES string of the molecule is C=C1C[C@@H](c2ncc(-c3ccc(-c4ccc5nc([C@@H]6CC7(CC7)CN6C(=O)OC(C)(C)C)[nH]c5c4)cc3)[nH]2)N(C(=O)OC(C)(C)C)C1. The van der Waals surface area contributed by atoms with E-state index in [1.54, 1.807) is 4.90 Å². The maximum Gasteiger partial charge on any atom is 0.411 e. The van der Waals surface area contributed by atoms with Crippen LogP contribution in [0.3, 0.4) is 0 Å². The minimum absolute atomic E-state index is 0.125. The number of ether oxygens (including phenoxy) is 2. The standard InChI is InChI=1S/C37H44N6O4/c1-22-16-29(42(20-22)33(44)46-35(2,3)4)31-38-19-28(41-31)24-10-8-23(9-11-24)25-12-13-26-27(17-25)40-32(39-26)30-18-37(14-15-37)21-43(30)34(45)47-36(5,6)7/h8-13,17,19,29-30H,1,14-16,18,20-21H2,2-7H3,(H,38,41)(H,39,40)/t29-,30-/m0/s1. The van der Waals surface area contributed by atoms with Crippen molar-refractivity contribution < 1.29 is 19.1 Å². The molecule has 2 aliphatic heterocycles. The van der Waals surface area contributed by atoms with Crippen LogP contribution in [-0.4, -0.2) is 66.2 Å². The minimum atomic E-state index is -0.579. The van der Waals surface area contributed by atoms with Gasteiger partial charge in [0.15, 0.2) is 0 Å². The number of carbonyl (C=O) groups is 2. The molecular weight excluding hydrogens is 592 g/mol. The molecule has 2 saturated heterocycles. The van der Waals surface area contributed by atoms with Crippen molar-refractivity contribution in [3.63, 3.8) is 0 Å². The molecule has 10 heteroatoms. The number of nitrogens with one attached hydrogen (secondary N) is 2. The molecule has 2 N–H and O–H groups in total. The molecule has 2 amide bonds. The fourth-order valence-electron chi connectivity index (χ4n) is 6.77. The lowest BCUT2D eigenvalue weighted by Crippen LogP contribution is -2.37. The van der Waals surface area contributed by atoms with E-state index in [1.165, 1.54) is 0 Å². The molecule has 4 heterocycles. The largest absolute Gasteiger partial charge is 0.444 e. The van der Waals surface area contributed by atoms with Crippen molar-refractivity contribution in [2.24, 2.45) is 5.41 Å². The zero-order chi connectivity index (χ0) is 33.3. The summed E-state index contributed by atoms with van der Waals surface area (Å²) < 4.78 is 11.4. The molecule has 0 radical (unpaired) electrons. The van der Waals surface area contributed by atoms with Gasteiger partial charge in [0, 0.05) is 13.1 Å². The van der Waals surface area contributed by atoms with Gasteiger partial charge in [0.2, 0.25) is 0 Å². The van der Waals surface area contributed by atoms with Gasteiger partial charge in [0.05, 0.1) is 35.0 Å². The Labute approximate surface area is 275 Å². The van der Waals surface area contributed by atoms with Crippen molar-refractivity contribution >= 4 is 23.2 Å². The van der Waals surface area contributed by atoms with Gasteiger partial charge in [-0.25, -0.2) is 19.6 Å². The molecule has 3 aliphatic rings. The van der Waals surface area contributed by atoms with Crippen LogP contribution in [-0.2, 0) is 9.47 Å². The van der Waals surface area contributed by atoms with E-state index < -0.39 is 11.2 Å². The van der Waals surface area contributed by atoms with Gasteiger partial charge in [0.25, 0.3) is 0 Å². The lowest BCUT2D eigenvalue weighted by atomic mass is 10.0. The second kappa shape index (κ2) is 11.0. The third-order valence-electron chi connectivity index (χ3n) is 9.23. The number of hydrogen-bond acceptors (Lipinski definition) is 6. The van der Waals surface area contributed by atoms with Crippen molar-refractivity contribution in [3.05, 3.63) is 72.5 Å². The van der Waals surface area contributed by atoms with Gasteiger partial charge in [0.1, 0.15) is 22.9 Å². The molecule has 2 aromatic carbocycles. The van der Waals surface area contributed by atoms with Crippen LogP contribution in [0.25, 0.3) is 33.4 Å². The van der Waals surface area contributed by atoms with E-state index in [4.69, 9.17) is 14.5 Å². The van der Waals surface area contributed by atoms with Crippen molar-refractivity contribution in [2.75, 3.05) is 13.1 Å². The van der Waals surface area contributed by atoms with Gasteiger partial charge >= 0.3 is 12.2 Å². The highest BCUT2D eigenvalue weighted by atomic mass is 16.6. The summed E-state index contributed by atoms with van der Waals surface area (Å²) in [5, 5.41) is 0. The Morgan fingerprint density at radius 2 is 1.49 bits per heavy atom. The fraction of sp³-hybridized carbons (Fsp3) is 0.459. The lowest BCUT2D eigenvalue weighted by Gasteiger charge is -2.27. The predicted octanol–water partition coefficient (Wildman–Crippen LogP) is 8.32. The Morgan fingerprint density at radius 1 is 0.851 bits per heavy atom. The van der Waals surface area contributed by atoms with Crippen molar-refractivity contribution in [1.29, 1.82) is 0 Å². The average molecular weight is 637 g/mol. The van der Waals surface area contributed by atoms with Crippen LogP contribution in [0.4, 0.5) is 9.59 Å². The van der Waals surface area contributed by atoms with Crippen LogP contribution >= 0.6 is 0 Å². The molecular formula is C37H44N6O4. The normalized spacial score (nSPS) is 20.8. The summed E-state index contributed by atoms with van der Waals surface area (Å²) in [5.41, 5.74) is 5.87. The molecule has 1 aliphatic carbocycles. The monoisotopic (exact) mass is 636 g/mol. The molecule has 7 rings (SSSR count). The number of hydrogen-bond donors (Lipinski definition) is 2. The predicted molar refractivity (Wildman–Crippen MR) is 181 cm³/mol. The minimum Gasteiger partial charge on any atom is -0.444 e. The topological polar surface area (TPSA) is 116 Å². The summed E-state index contributed by atoms with van der Waals surface area (Å²) in [6.45, 7) is 16.6. The maximum atomic E-state index is 13.1. The number of carbonyl (C=O) groups excluding carboxylic acids is 2. The van der Waals surface area contributed by atoms with E-state index in [1.807, 2.05) is 58.7 Å². The van der Waals surface area contributed by atoms with Gasteiger partial charge < -0.3 is 19.4 Å². The molecule has 1 saturated carbocycles. The molecule has 3 fully saturated rings. The van der Waals surface area contributed by atoms with E-state index in [2.05, 4.69) is 57.9 Å². The first-order chi connectivity index (χ1) is 22.2. The quantitative estimate of drug-likeness (QED) is 0.218. The van der Waals surface area contributed by atoms with Crippen LogP contribution in [0.2, 0.25) is 0 Å². The lowest BCUT2D eigenvalue weighted by molar-refractivity contribution is 0.0206. The van der Waals surface area contributed by atoms with Gasteiger partial charge in [-0.15, -0.1) is 0 Å². The molecule has 246 valence electrons. The smallest absolute Gasteiger partial charge is 0.411 e. The fourth-order valence-corrected chi connectivity index (χ4v) is 6.77. The third-order valence-corrected chi connectivity index (χ3v) is 9.23. The Balaban J connectivity index is 1.08. The zero-order valence-corrected chi connectivity index (χ0v) is 28.1. The van der Waals surface area contributed by atoms with Crippen LogP contribution in [0.1, 0.15) is 91.0 Å². The highest BCUT2D eigenvalue weighted by molar-refractivity contribution is 5.83. The van der Waals surface area contributed by atoms with Crippen LogP contribution in [0.15, 0.2) is 60.8 Å². The molecule has 1 spiro atoms. The molecule has 2 atom stereocenters. The average Bonchev–Trinajstić information content (AvgIpc) is 3.42. The molecule has 2 aromatic heterocycles. The Kier molecular flexibility index (Phi) is 7.26. The summed E-state index contributed by atoms with van der Waals surface area (Å²) in [7, 11) is 0. The number of fused-ring (bicyclic) bond motifs is 1. The van der Waals surface area contributed by atoms with E-state index in [-0.39, 0.29) is 29.7 Å². The van der Waals surface area contributed by atoms with Crippen LogP contribution < -0.4 is 0 Å². The van der Waals surface area contributed by atoms with Crippen LogP contribution in [0.5, 0.6) is 0 Å². The van der Waals surface area contributed by atoms with Gasteiger partial charge in [-0.3, -0.25) is 9.80 Å². The third kappa shape index (κ3) is 6.38. The number of aromatic amines is 2. The highest BCUT2D eigenvalue weighted by Crippen LogP contribution is 2.58. The van der Waals surface area contributed by atoms with Gasteiger partial charge in [-0.2, -0.15) is 0 Å². The van der Waals surface area contributed by atoms with Crippen LogP contribution in [0, 0.1) is 5.41 Å². The van der Waals surface area contributed by atoms with E-state index in [0.717, 1.165) is 70.6 Å². The van der Waals surface area contributed by atoms with E-state index in [9.17, 15) is 9.59 Å². The maximum absolute atomic E-state index is 13.1. The van der Waals surface area contributed by atoms with Crippen molar-refractivity contribution in [2.45, 2.75) is 90.5 Å². The molecule has 10 nitrogen and oxygen atoms in total. The molecule has 0 bridgehead atoms. The number of benzene rings is 2. The number of rotatable bonds is 4. The summed E-state index contributed by atoms with van der Waals surface area (Å²) in [4.78, 5) is 46.1. The van der Waals surface area contributed by atoms with Gasteiger partial charge in [-0.1, -0.05) is 42.5 Å². The zero-order valence-electron chi connectivity index (χ0n) is 28.1. The first kappa shape index (κ1) is 31.0. The summed E-state index contributed by atoms with van der Waals surface area (Å²) in [6, 6.07) is 14.2. The Bertz CT molecular complexity index is 1850. The molecule has 4 aromatic rings. The first-order valence-electron chi connectivity index (χ1n) is 16.5. The summed E-state index contributed by atoms with van der Waals surface area (Å²) in [5.74, 6) is 1.53. The number of aromatic nitrogens is 4. The molecule has 47 heavy (non-hydrogen) atoms. The first-order valence-corrected chi connectivity index (χ1v) is 16.5.